The zero-order valence-corrected chi connectivity index (χ0v) is 13.3. The lowest BCUT2D eigenvalue weighted by Gasteiger charge is -2.18. The average molecular weight is 298 g/mol. The fourth-order valence-corrected chi connectivity index (χ4v) is 2.29. The topological polar surface area (TPSA) is 51.2 Å². The number of rotatable bonds is 6. The molecule has 1 amide bonds. The van der Waals surface area contributed by atoms with Gasteiger partial charge >= 0.3 is 0 Å². The number of benzene rings is 1. The van der Waals surface area contributed by atoms with Gasteiger partial charge in [-0.2, -0.15) is 0 Å². The Morgan fingerprint density at radius 3 is 2.59 bits per heavy atom. The van der Waals surface area contributed by atoms with Crippen molar-refractivity contribution < 1.29 is 9.53 Å². The van der Waals surface area contributed by atoms with E-state index in [1.165, 1.54) is 0 Å². The molecule has 0 saturated heterocycles. The second-order valence-electron chi connectivity index (χ2n) is 5.42. The van der Waals surface area contributed by atoms with E-state index in [2.05, 4.69) is 16.4 Å². The third-order valence-electron chi connectivity index (χ3n) is 3.33. The molecule has 0 bridgehead atoms. The molecule has 0 aliphatic heterocycles. The van der Waals surface area contributed by atoms with E-state index in [0.717, 1.165) is 22.4 Å². The quantitative estimate of drug-likeness (QED) is 0.891. The van der Waals surface area contributed by atoms with Crippen LogP contribution in [-0.4, -0.2) is 17.0 Å². The highest BCUT2D eigenvalue weighted by molar-refractivity contribution is 5.81. The molecule has 0 fully saturated rings. The van der Waals surface area contributed by atoms with Crippen molar-refractivity contribution in [1.29, 1.82) is 0 Å². The SMILES string of the molecule is CCC(Oc1cc(C)cc(C)c1)C(=O)NCc1cccnc1. The van der Waals surface area contributed by atoms with Gasteiger partial charge in [-0.15, -0.1) is 0 Å². The maximum absolute atomic E-state index is 12.3. The molecule has 1 N–H and O–H groups in total. The number of hydrogen-bond donors (Lipinski definition) is 1. The number of amides is 1. The van der Waals surface area contributed by atoms with Crippen molar-refractivity contribution >= 4 is 5.91 Å². The standard InChI is InChI=1S/C18H22N2O2/c1-4-17(22-16-9-13(2)8-14(3)10-16)18(21)20-12-15-6-5-7-19-11-15/h5-11,17H,4,12H2,1-3H3,(H,20,21). The Labute approximate surface area is 131 Å². The van der Waals surface area contributed by atoms with Gasteiger partial charge in [0.25, 0.3) is 5.91 Å². The van der Waals surface area contributed by atoms with E-state index < -0.39 is 6.10 Å². The molecular formula is C18H22N2O2. The molecule has 1 atom stereocenters. The first-order valence-electron chi connectivity index (χ1n) is 7.50. The van der Waals surface area contributed by atoms with Gasteiger partial charge in [0.05, 0.1) is 0 Å². The molecule has 22 heavy (non-hydrogen) atoms. The Kier molecular flexibility index (Phi) is 5.53. The molecule has 1 aromatic carbocycles. The summed E-state index contributed by atoms with van der Waals surface area (Å²) in [6, 6.07) is 9.76. The van der Waals surface area contributed by atoms with Gasteiger partial charge in [0.15, 0.2) is 6.10 Å². The van der Waals surface area contributed by atoms with E-state index in [1.807, 2.05) is 45.0 Å². The van der Waals surface area contributed by atoms with Gasteiger partial charge in [0.2, 0.25) is 0 Å². The van der Waals surface area contributed by atoms with Crippen LogP contribution in [0.25, 0.3) is 0 Å². The molecule has 4 heteroatoms. The van der Waals surface area contributed by atoms with Gasteiger partial charge in [-0.1, -0.05) is 19.1 Å². The van der Waals surface area contributed by atoms with Crippen LogP contribution >= 0.6 is 0 Å². The molecule has 1 aromatic heterocycles. The summed E-state index contributed by atoms with van der Waals surface area (Å²) in [5.41, 5.74) is 3.22. The van der Waals surface area contributed by atoms with Crippen molar-refractivity contribution in [1.82, 2.24) is 10.3 Å². The summed E-state index contributed by atoms with van der Waals surface area (Å²) in [5, 5.41) is 2.90. The highest BCUT2D eigenvalue weighted by Gasteiger charge is 2.18. The minimum absolute atomic E-state index is 0.106. The number of hydrogen-bond acceptors (Lipinski definition) is 3. The summed E-state index contributed by atoms with van der Waals surface area (Å²) in [6.07, 6.45) is 3.58. The smallest absolute Gasteiger partial charge is 0.261 e. The maximum atomic E-state index is 12.3. The van der Waals surface area contributed by atoms with E-state index in [9.17, 15) is 4.79 Å². The molecule has 4 nitrogen and oxygen atoms in total. The van der Waals surface area contributed by atoms with E-state index in [-0.39, 0.29) is 5.91 Å². The van der Waals surface area contributed by atoms with Crippen molar-refractivity contribution in [2.24, 2.45) is 0 Å². The maximum Gasteiger partial charge on any atom is 0.261 e. The fraction of sp³-hybridized carbons (Fsp3) is 0.333. The van der Waals surface area contributed by atoms with Gasteiger partial charge in [-0.25, -0.2) is 0 Å². The van der Waals surface area contributed by atoms with Gasteiger partial charge in [-0.05, 0) is 55.2 Å². The number of carbonyl (C=O) groups is 1. The number of pyridine rings is 1. The summed E-state index contributed by atoms with van der Waals surface area (Å²) in [6.45, 7) is 6.43. The van der Waals surface area contributed by atoms with E-state index in [0.29, 0.717) is 13.0 Å². The van der Waals surface area contributed by atoms with Gasteiger partial charge in [-0.3, -0.25) is 9.78 Å². The van der Waals surface area contributed by atoms with Crippen LogP contribution in [0.5, 0.6) is 5.75 Å². The molecule has 0 radical (unpaired) electrons. The number of carbonyl (C=O) groups excluding carboxylic acids is 1. The van der Waals surface area contributed by atoms with Crippen LogP contribution < -0.4 is 10.1 Å². The van der Waals surface area contributed by atoms with Crippen molar-refractivity contribution in [2.75, 3.05) is 0 Å². The summed E-state index contributed by atoms with van der Waals surface area (Å²) >= 11 is 0. The first kappa shape index (κ1) is 16.0. The van der Waals surface area contributed by atoms with Crippen LogP contribution in [0.15, 0.2) is 42.7 Å². The van der Waals surface area contributed by atoms with Gasteiger partial charge in [0.1, 0.15) is 5.75 Å². The summed E-state index contributed by atoms with van der Waals surface area (Å²) in [5.74, 6) is 0.631. The lowest BCUT2D eigenvalue weighted by Crippen LogP contribution is -2.37. The molecule has 0 saturated carbocycles. The highest BCUT2D eigenvalue weighted by atomic mass is 16.5. The summed E-state index contributed by atoms with van der Waals surface area (Å²) < 4.78 is 5.85. The Balaban J connectivity index is 1.96. The first-order chi connectivity index (χ1) is 10.6. The summed E-state index contributed by atoms with van der Waals surface area (Å²) in [7, 11) is 0. The molecule has 0 spiro atoms. The minimum Gasteiger partial charge on any atom is -0.481 e. The number of ether oxygens (including phenoxy) is 1. The predicted molar refractivity (Wildman–Crippen MR) is 86.7 cm³/mol. The van der Waals surface area contributed by atoms with Gasteiger partial charge < -0.3 is 10.1 Å². The van der Waals surface area contributed by atoms with Crippen LogP contribution in [0, 0.1) is 13.8 Å². The second kappa shape index (κ2) is 7.59. The molecule has 0 aliphatic rings. The van der Waals surface area contributed by atoms with Crippen molar-refractivity contribution in [2.45, 2.75) is 39.8 Å². The normalized spacial score (nSPS) is 11.8. The lowest BCUT2D eigenvalue weighted by molar-refractivity contribution is -0.128. The second-order valence-corrected chi connectivity index (χ2v) is 5.42. The third-order valence-corrected chi connectivity index (χ3v) is 3.33. The van der Waals surface area contributed by atoms with Crippen LogP contribution in [-0.2, 0) is 11.3 Å². The number of nitrogens with zero attached hydrogens (tertiary/aromatic N) is 1. The molecule has 0 aliphatic carbocycles. The Hall–Kier alpha value is -2.36. The van der Waals surface area contributed by atoms with Crippen molar-refractivity contribution in [3.63, 3.8) is 0 Å². The van der Waals surface area contributed by atoms with Crippen molar-refractivity contribution in [3.8, 4) is 5.75 Å². The molecule has 2 rings (SSSR count). The van der Waals surface area contributed by atoms with E-state index in [1.54, 1.807) is 12.4 Å². The highest BCUT2D eigenvalue weighted by Crippen LogP contribution is 2.18. The molecule has 1 unspecified atom stereocenters. The first-order valence-corrected chi connectivity index (χ1v) is 7.50. The monoisotopic (exact) mass is 298 g/mol. The molecule has 116 valence electrons. The predicted octanol–water partition coefficient (Wildman–Crippen LogP) is 3.17. The van der Waals surface area contributed by atoms with Crippen LogP contribution in [0.3, 0.4) is 0 Å². The molecule has 2 aromatic rings. The zero-order valence-electron chi connectivity index (χ0n) is 13.3. The van der Waals surface area contributed by atoms with Crippen LogP contribution in [0.1, 0.15) is 30.0 Å². The Bertz CT molecular complexity index is 606. The van der Waals surface area contributed by atoms with Gasteiger partial charge in [0, 0.05) is 18.9 Å². The number of aryl methyl sites for hydroxylation is 2. The van der Waals surface area contributed by atoms with Crippen LogP contribution in [0.4, 0.5) is 0 Å². The Morgan fingerprint density at radius 1 is 1.27 bits per heavy atom. The lowest BCUT2D eigenvalue weighted by atomic mass is 10.1. The van der Waals surface area contributed by atoms with Crippen LogP contribution in [0.2, 0.25) is 0 Å². The zero-order chi connectivity index (χ0) is 15.9. The fourth-order valence-electron chi connectivity index (χ4n) is 2.29. The Morgan fingerprint density at radius 2 is 2.00 bits per heavy atom. The molecular weight excluding hydrogens is 276 g/mol. The number of nitrogens with one attached hydrogen (secondary N) is 1. The largest absolute Gasteiger partial charge is 0.481 e. The average Bonchev–Trinajstić information content (AvgIpc) is 2.50. The number of aromatic nitrogens is 1. The van der Waals surface area contributed by atoms with E-state index >= 15 is 0 Å². The summed E-state index contributed by atoms with van der Waals surface area (Å²) in [4.78, 5) is 16.3. The molecule has 1 heterocycles. The van der Waals surface area contributed by atoms with E-state index in [4.69, 9.17) is 4.74 Å². The minimum atomic E-state index is -0.488. The van der Waals surface area contributed by atoms with Crippen molar-refractivity contribution in [3.05, 3.63) is 59.4 Å². The third kappa shape index (κ3) is 4.58.